The number of carbonyl (C=O) groups is 3. The molecule has 1 aliphatic carbocycles. The molecule has 2 aromatic rings. The Hall–Kier alpha value is -3.16. The predicted octanol–water partition coefficient (Wildman–Crippen LogP) is 1.14. The molecule has 4 rings (SSSR count). The van der Waals surface area contributed by atoms with Gasteiger partial charge in [-0.25, -0.2) is 4.79 Å². The molecule has 134 valence electrons. The van der Waals surface area contributed by atoms with Crippen LogP contribution in [0.4, 0.5) is 10.6 Å². The Morgan fingerprint density at radius 3 is 2.88 bits per heavy atom. The van der Waals surface area contributed by atoms with Crippen LogP contribution in [0, 0.1) is 0 Å². The summed E-state index contributed by atoms with van der Waals surface area (Å²) in [6.07, 6.45) is 3.91. The molecule has 8 nitrogen and oxygen atoms in total. The monoisotopic (exact) mass is 353 g/mol. The summed E-state index contributed by atoms with van der Waals surface area (Å²) in [6.45, 7) is -0.342. The summed E-state index contributed by atoms with van der Waals surface area (Å²) < 4.78 is 1.55. The normalized spacial score (nSPS) is 21.7. The van der Waals surface area contributed by atoms with Crippen LogP contribution < -0.4 is 10.6 Å². The van der Waals surface area contributed by atoms with Crippen molar-refractivity contribution in [2.75, 3.05) is 11.9 Å². The maximum Gasteiger partial charge on any atom is 0.325 e. The van der Waals surface area contributed by atoms with Gasteiger partial charge in [0.05, 0.1) is 0 Å². The molecule has 1 unspecified atom stereocenters. The van der Waals surface area contributed by atoms with Gasteiger partial charge in [0, 0.05) is 19.3 Å². The molecule has 2 N–H and O–H groups in total. The topological polar surface area (TPSA) is 96.3 Å². The number of hydrogen-bond acceptors (Lipinski definition) is 4. The molecule has 0 saturated carbocycles. The molecule has 2 aliphatic rings. The quantitative estimate of drug-likeness (QED) is 0.809. The van der Waals surface area contributed by atoms with Crippen molar-refractivity contribution in [3.8, 4) is 0 Å². The smallest absolute Gasteiger partial charge is 0.319 e. The van der Waals surface area contributed by atoms with Crippen molar-refractivity contribution in [1.82, 2.24) is 20.0 Å². The number of hydrogen-bond donors (Lipinski definition) is 2. The molecule has 2 heterocycles. The Morgan fingerprint density at radius 1 is 1.31 bits per heavy atom. The second-order valence-electron chi connectivity index (χ2n) is 6.66. The first kappa shape index (κ1) is 16.3. The van der Waals surface area contributed by atoms with Gasteiger partial charge in [-0.05, 0) is 30.4 Å². The maximum absolute atomic E-state index is 13.1. The van der Waals surface area contributed by atoms with Crippen molar-refractivity contribution in [3.05, 3.63) is 47.7 Å². The van der Waals surface area contributed by atoms with Crippen LogP contribution in [0.3, 0.4) is 0 Å². The predicted molar refractivity (Wildman–Crippen MR) is 93.1 cm³/mol. The van der Waals surface area contributed by atoms with Gasteiger partial charge in [-0.15, -0.1) is 0 Å². The fraction of sp³-hybridized carbons (Fsp3) is 0.333. The molecule has 1 aromatic carbocycles. The van der Waals surface area contributed by atoms with E-state index < -0.39 is 17.5 Å². The lowest BCUT2D eigenvalue weighted by atomic mass is 9.76. The SMILES string of the molecule is Cn1ccc(NC(=O)CN2C(=O)NC3(CCCc4ccccc43)C2=O)n1. The van der Waals surface area contributed by atoms with E-state index in [1.165, 1.54) is 0 Å². The first-order valence-corrected chi connectivity index (χ1v) is 8.51. The lowest BCUT2D eigenvalue weighted by molar-refractivity contribution is -0.134. The molecule has 1 atom stereocenters. The molecule has 8 heteroatoms. The van der Waals surface area contributed by atoms with Gasteiger partial charge in [-0.3, -0.25) is 19.2 Å². The van der Waals surface area contributed by atoms with Crippen LogP contribution in [0.1, 0.15) is 24.0 Å². The summed E-state index contributed by atoms with van der Waals surface area (Å²) in [5.41, 5.74) is 0.835. The van der Waals surface area contributed by atoms with Crippen molar-refractivity contribution in [2.45, 2.75) is 24.8 Å². The van der Waals surface area contributed by atoms with Gasteiger partial charge in [0.15, 0.2) is 5.82 Å². The van der Waals surface area contributed by atoms with Gasteiger partial charge in [-0.1, -0.05) is 24.3 Å². The Balaban J connectivity index is 1.56. The average Bonchev–Trinajstić information content (AvgIpc) is 3.12. The molecular weight excluding hydrogens is 334 g/mol. The van der Waals surface area contributed by atoms with E-state index in [2.05, 4.69) is 15.7 Å². The second kappa shape index (κ2) is 5.98. The van der Waals surface area contributed by atoms with Gasteiger partial charge in [-0.2, -0.15) is 5.10 Å². The van der Waals surface area contributed by atoms with Crippen LogP contribution in [0.2, 0.25) is 0 Å². The maximum atomic E-state index is 13.1. The number of imide groups is 1. The Morgan fingerprint density at radius 2 is 2.12 bits per heavy atom. The minimum atomic E-state index is -1.06. The lowest BCUT2D eigenvalue weighted by Crippen LogP contribution is -2.47. The molecule has 1 aromatic heterocycles. The number of urea groups is 1. The van der Waals surface area contributed by atoms with Gasteiger partial charge < -0.3 is 10.6 Å². The van der Waals surface area contributed by atoms with E-state index in [1.54, 1.807) is 24.0 Å². The highest BCUT2D eigenvalue weighted by molar-refractivity contribution is 6.10. The van der Waals surface area contributed by atoms with Crippen LogP contribution in [0.5, 0.6) is 0 Å². The minimum Gasteiger partial charge on any atom is -0.319 e. The molecule has 1 aliphatic heterocycles. The summed E-state index contributed by atoms with van der Waals surface area (Å²) in [6, 6.07) is 8.75. The number of nitrogens with zero attached hydrogens (tertiary/aromatic N) is 3. The van der Waals surface area contributed by atoms with Crippen LogP contribution in [0.15, 0.2) is 36.5 Å². The molecule has 1 fully saturated rings. The first-order chi connectivity index (χ1) is 12.5. The minimum absolute atomic E-state index is 0.342. The van der Waals surface area contributed by atoms with Crippen LogP contribution >= 0.6 is 0 Å². The summed E-state index contributed by atoms with van der Waals surface area (Å²) in [5, 5.41) is 9.49. The van der Waals surface area contributed by atoms with E-state index in [-0.39, 0.29) is 12.5 Å². The third-order valence-corrected chi connectivity index (χ3v) is 4.93. The summed E-state index contributed by atoms with van der Waals surface area (Å²) in [5.74, 6) is -0.457. The zero-order chi connectivity index (χ0) is 18.3. The fourth-order valence-electron chi connectivity index (χ4n) is 3.76. The third kappa shape index (κ3) is 2.54. The first-order valence-electron chi connectivity index (χ1n) is 8.51. The third-order valence-electron chi connectivity index (χ3n) is 4.93. The van der Waals surface area contributed by atoms with Gasteiger partial charge in [0.2, 0.25) is 5.91 Å². The number of nitrogens with one attached hydrogen (secondary N) is 2. The molecule has 1 saturated heterocycles. The van der Waals surface area contributed by atoms with Gasteiger partial charge >= 0.3 is 6.03 Å². The van der Waals surface area contributed by atoms with Crippen LogP contribution in [-0.2, 0) is 28.6 Å². The summed E-state index contributed by atoms with van der Waals surface area (Å²) in [4.78, 5) is 38.8. The summed E-state index contributed by atoms with van der Waals surface area (Å²) in [7, 11) is 1.73. The number of anilines is 1. The molecule has 4 amide bonds. The number of carbonyl (C=O) groups excluding carboxylic acids is 3. The van der Waals surface area contributed by atoms with E-state index in [4.69, 9.17) is 0 Å². The van der Waals surface area contributed by atoms with Crippen molar-refractivity contribution in [3.63, 3.8) is 0 Å². The zero-order valence-corrected chi connectivity index (χ0v) is 14.4. The lowest BCUT2D eigenvalue weighted by Gasteiger charge is -2.33. The van der Waals surface area contributed by atoms with Crippen molar-refractivity contribution >= 4 is 23.7 Å². The van der Waals surface area contributed by atoms with E-state index >= 15 is 0 Å². The average molecular weight is 353 g/mol. The number of aryl methyl sites for hydroxylation is 2. The van der Waals surface area contributed by atoms with E-state index in [0.29, 0.717) is 12.2 Å². The van der Waals surface area contributed by atoms with Crippen molar-refractivity contribution in [2.24, 2.45) is 7.05 Å². The fourth-order valence-corrected chi connectivity index (χ4v) is 3.76. The van der Waals surface area contributed by atoms with Crippen LogP contribution in [0.25, 0.3) is 0 Å². The Bertz CT molecular complexity index is 906. The highest BCUT2D eigenvalue weighted by Gasteiger charge is 2.54. The molecule has 0 bridgehead atoms. The van der Waals surface area contributed by atoms with Gasteiger partial charge in [0.1, 0.15) is 12.1 Å². The molecule has 26 heavy (non-hydrogen) atoms. The van der Waals surface area contributed by atoms with Crippen molar-refractivity contribution in [1.29, 1.82) is 0 Å². The molecule has 0 radical (unpaired) electrons. The zero-order valence-electron chi connectivity index (χ0n) is 14.4. The number of amides is 4. The number of benzene rings is 1. The van der Waals surface area contributed by atoms with Crippen LogP contribution in [-0.4, -0.2) is 39.1 Å². The number of rotatable bonds is 3. The van der Waals surface area contributed by atoms with E-state index in [1.807, 2.05) is 24.3 Å². The summed E-state index contributed by atoms with van der Waals surface area (Å²) >= 11 is 0. The highest BCUT2D eigenvalue weighted by Crippen LogP contribution is 2.39. The van der Waals surface area contributed by atoms with Crippen molar-refractivity contribution < 1.29 is 14.4 Å². The van der Waals surface area contributed by atoms with E-state index in [9.17, 15) is 14.4 Å². The molecule has 1 spiro atoms. The Labute approximate surface area is 150 Å². The second-order valence-corrected chi connectivity index (χ2v) is 6.66. The molecular formula is C18H19N5O3. The Kier molecular flexibility index (Phi) is 3.75. The van der Waals surface area contributed by atoms with E-state index in [0.717, 1.165) is 28.9 Å². The standard InChI is InChI=1S/C18H19N5O3/c1-22-10-8-14(21-22)19-15(24)11-23-16(25)18(20-17(23)26)9-4-6-12-5-2-3-7-13(12)18/h2-3,5,7-8,10H,4,6,9,11H2,1H3,(H,20,26)(H,19,21,24). The number of fused-ring (bicyclic) bond motifs is 2. The van der Waals surface area contributed by atoms with Gasteiger partial charge in [0.25, 0.3) is 5.91 Å². The number of aromatic nitrogens is 2. The largest absolute Gasteiger partial charge is 0.325 e. The highest BCUT2D eigenvalue weighted by atomic mass is 16.2.